The van der Waals surface area contributed by atoms with Crippen LogP contribution in [0.5, 0.6) is 0 Å². The number of aromatic nitrogens is 1. The van der Waals surface area contributed by atoms with Gasteiger partial charge in [0.1, 0.15) is 5.69 Å². The van der Waals surface area contributed by atoms with Gasteiger partial charge in [0.25, 0.3) is 5.91 Å². The van der Waals surface area contributed by atoms with Gasteiger partial charge in [-0.15, -0.1) is 0 Å². The molecule has 1 heterocycles. The highest BCUT2D eigenvalue weighted by Crippen LogP contribution is 2.31. The monoisotopic (exact) mass is 233 g/mol. The molecule has 92 valence electrons. The zero-order valence-corrected chi connectivity index (χ0v) is 10.4. The standard InChI is InChI=1S/C13H19N3O/c1-3-14-10-5-6-11(15-9-10)12(17)16-13(2)7-4-8-13/h5-6,9,14H,3-4,7-8H2,1-2H3,(H,16,17). The zero-order chi connectivity index (χ0) is 12.3. The Morgan fingerprint density at radius 1 is 1.47 bits per heavy atom. The van der Waals surface area contributed by atoms with E-state index < -0.39 is 0 Å². The minimum absolute atomic E-state index is 0.0148. The van der Waals surface area contributed by atoms with Gasteiger partial charge in [0, 0.05) is 12.1 Å². The highest BCUT2D eigenvalue weighted by atomic mass is 16.2. The Morgan fingerprint density at radius 2 is 2.24 bits per heavy atom. The maximum Gasteiger partial charge on any atom is 0.270 e. The third-order valence-electron chi connectivity index (χ3n) is 3.25. The Morgan fingerprint density at radius 3 is 2.71 bits per heavy atom. The number of hydrogen-bond donors (Lipinski definition) is 2. The molecule has 0 bridgehead atoms. The van der Waals surface area contributed by atoms with Crippen molar-refractivity contribution in [3.8, 4) is 0 Å². The fourth-order valence-electron chi connectivity index (χ4n) is 2.01. The van der Waals surface area contributed by atoms with E-state index in [4.69, 9.17) is 0 Å². The lowest BCUT2D eigenvalue weighted by Crippen LogP contribution is -2.51. The Kier molecular flexibility index (Phi) is 3.31. The third-order valence-corrected chi connectivity index (χ3v) is 3.25. The number of rotatable bonds is 4. The molecule has 0 unspecified atom stereocenters. The van der Waals surface area contributed by atoms with Crippen LogP contribution in [0.1, 0.15) is 43.6 Å². The molecule has 0 aliphatic heterocycles. The maximum absolute atomic E-state index is 11.9. The summed E-state index contributed by atoms with van der Waals surface area (Å²) in [6.45, 7) is 4.96. The molecule has 17 heavy (non-hydrogen) atoms. The van der Waals surface area contributed by atoms with Crippen LogP contribution in [-0.4, -0.2) is 23.0 Å². The van der Waals surface area contributed by atoms with Gasteiger partial charge in [-0.2, -0.15) is 0 Å². The van der Waals surface area contributed by atoms with Crippen LogP contribution in [-0.2, 0) is 0 Å². The van der Waals surface area contributed by atoms with E-state index in [2.05, 4.69) is 22.5 Å². The molecule has 1 fully saturated rings. The second-order valence-electron chi connectivity index (χ2n) is 4.83. The summed E-state index contributed by atoms with van der Waals surface area (Å²) < 4.78 is 0. The number of amides is 1. The van der Waals surface area contributed by atoms with Crippen molar-refractivity contribution in [1.29, 1.82) is 0 Å². The van der Waals surface area contributed by atoms with Gasteiger partial charge >= 0.3 is 0 Å². The van der Waals surface area contributed by atoms with E-state index in [-0.39, 0.29) is 11.4 Å². The predicted octanol–water partition coefficient (Wildman–Crippen LogP) is 2.19. The molecule has 0 aromatic carbocycles. The van der Waals surface area contributed by atoms with Crippen LogP contribution in [0.2, 0.25) is 0 Å². The van der Waals surface area contributed by atoms with Crippen LogP contribution in [0.4, 0.5) is 5.69 Å². The second-order valence-corrected chi connectivity index (χ2v) is 4.83. The summed E-state index contributed by atoms with van der Waals surface area (Å²) in [6, 6.07) is 3.64. The summed E-state index contributed by atoms with van der Waals surface area (Å²) >= 11 is 0. The molecule has 0 atom stereocenters. The van der Waals surface area contributed by atoms with Crippen molar-refractivity contribution >= 4 is 11.6 Å². The van der Waals surface area contributed by atoms with E-state index in [1.165, 1.54) is 6.42 Å². The molecular weight excluding hydrogens is 214 g/mol. The quantitative estimate of drug-likeness (QED) is 0.838. The molecule has 1 aromatic heterocycles. The van der Waals surface area contributed by atoms with Crippen molar-refractivity contribution in [2.75, 3.05) is 11.9 Å². The molecule has 2 rings (SSSR count). The zero-order valence-electron chi connectivity index (χ0n) is 10.4. The van der Waals surface area contributed by atoms with E-state index in [0.717, 1.165) is 25.1 Å². The summed E-state index contributed by atoms with van der Waals surface area (Å²) in [5.74, 6) is -0.0738. The number of nitrogens with one attached hydrogen (secondary N) is 2. The lowest BCUT2D eigenvalue weighted by molar-refractivity contribution is 0.0845. The van der Waals surface area contributed by atoms with Gasteiger partial charge in [-0.05, 0) is 45.2 Å². The third kappa shape index (κ3) is 2.75. The molecule has 1 aliphatic carbocycles. The Labute approximate surface area is 102 Å². The first-order chi connectivity index (χ1) is 8.13. The SMILES string of the molecule is CCNc1ccc(C(=O)NC2(C)CCC2)nc1. The van der Waals surface area contributed by atoms with Crippen molar-refractivity contribution in [3.05, 3.63) is 24.0 Å². The van der Waals surface area contributed by atoms with Crippen molar-refractivity contribution in [1.82, 2.24) is 10.3 Å². The molecule has 4 nitrogen and oxygen atoms in total. The van der Waals surface area contributed by atoms with Crippen LogP contribution in [0, 0.1) is 0 Å². The molecule has 2 N–H and O–H groups in total. The summed E-state index contributed by atoms with van der Waals surface area (Å²) in [4.78, 5) is 16.1. The number of anilines is 1. The smallest absolute Gasteiger partial charge is 0.270 e. The molecule has 4 heteroatoms. The average molecular weight is 233 g/mol. The van der Waals surface area contributed by atoms with E-state index in [1.807, 2.05) is 13.0 Å². The second kappa shape index (κ2) is 4.73. The van der Waals surface area contributed by atoms with E-state index >= 15 is 0 Å². The lowest BCUT2D eigenvalue weighted by atomic mass is 9.78. The van der Waals surface area contributed by atoms with Crippen LogP contribution in [0.3, 0.4) is 0 Å². The molecule has 1 aromatic rings. The first-order valence-electron chi connectivity index (χ1n) is 6.15. The molecule has 1 saturated carbocycles. The molecule has 1 amide bonds. The fraction of sp³-hybridized carbons (Fsp3) is 0.538. The number of carbonyl (C=O) groups excluding carboxylic acids is 1. The van der Waals surface area contributed by atoms with Gasteiger partial charge in [-0.3, -0.25) is 4.79 Å². The minimum Gasteiger partial charge on any atom is -0.384 e. The summed E-state index contributed by atoms with van der Waals surface area (Å²) in [6.07, 6.45) is 5.02. The van der Waals surface area contributed by atoms with Gasteiger partial charge in [-0.1, -0.05) is 0 Å². The normalized spacial score (nSPS) is 17.1. The highest BCUT2D eigenvalue weighted by Gasteiger charge is 2.33. The molecule has 0 spiro atoms. The van der Waals surface area contributed by atoms with Crippen LogP contribution >= 0.6 is 0 Å². The summed E-state index contributed by atoms with van der Waals surface area (Å²) in [5, 5.41) is 6.19. The van der Waals surface area contributed by atoms with Crippen LogP contribution in [0.15, 0.2) is 18.3 Å². The summed E-state index contributed by atoms with van der Waals surface area (Å²) in [5.41, 5.74) is 1.41. The molecule has 0 saturated heterocycles. The first kappa shape index (κ1) is 11.9. The molecular formula is C13H19N3O. The Balaban J connectivity index is 1.99. The average Bonchev–Trinajstić information content (AvgIpc) is 2.28. The number of hydrogen-bond acceptors (Lipinski definition) is 3. The van der Waals surface area contributed by atoms with Crippen molar-refractivity contribution in [2.24, 2.45) is 0 Å². The van der Waals surface area contributed by atoms with E-state index in [0.29, 0.717) is 5.69 Å². The number of pyridine rings is 1. The summed E-state index contributed by atoms with van der Waals surface area (Å²) in [7, 11) is 0. The fourth-order valence-corrected chi connectivity index (χ4v) is 2.01. The largest absolute Gasteiger partial charge is 0.384 e. The van der Waals surface area contributed by atoms with Crippen molar-refractivity contribution in [3.63, 3.8) is 0 Å². The van der Waals surface area contributed by atoms with Crippen molar-refractivity contribution in [2.45, 2.75) is 38.6 Å². The Hall–Kier alpha value is -1.58. The van der Waals surface area contributed by atoms with Crippen LogP contribution < -0.4 is 10.6 Å². The van der Waals surface area contributed by atoms with Gasteiger partial charge in [-0.25, -0.2) is 4.98 Å². The number of carbonyl (C=O) groups is 1. The highest BCUT2D eigenvalue weighted by molar-refractivity contribution is 5.93. The Bertz CT molecular complexity index is 396. The van der Waals surface area contributed by atoms with E-state index in [9.17, 15) is 4.79 Å². The minimum atomic E-state index is -0.0738. The van der Waals surface area contributed by atoms with E-state index in [1.54, 1.807) is 12.3 Å². The van der Waals surface area contributed by atoms with Gasteiger partial charge in [0.2, 0.25) is 0 Å². The molecule has 0 radical (unpaired) electrons. The lowest BCUT2D eigenvalue weighted by Gasteiger charge is -2.38. The maximum atomic E-state index is 11.9. The van der Waals surface area contributed by atoms with Gasteiger partial charge in [0.05, 0.1) is 11.9 Å². The van der Waals surface area contributed by atoms with Gasteiger partial charge in [0.15, 0.2) is 0 Å². The molecule has 1 aliphatic rings. The topological polar surface area (TPSA) is 54.0 Å². The predicted molar refractivity (Wildman–Crippen MR) is 68.1 cm³/mol. The van der Waals surface area contributed by atoms with Crippen LogP contribution in [0.25, 0.3) is 0 Å². The van der Waals surface area contributed by atoms with Crippen molar-refractivity contribution < 1.29 is 4.79 Å². The number of nitrogens with zero attached hydrogens (tertiary/aromatic N) is 1. The van der Waals surface area contributed by atoms with Gasteiger partial charge < -0.3 is 10.6 Å². The first-order valence-corrected chi connectivity index (χ1v) is 6.15.